The third kappa shape index (κ3) is 4.57. The Morgan fingerprint density at radius 2 is 1.85 bits per heavy atom. The molecular formula is C21H23N3O2. The maximum absolute atomic E-state index is 12.9. The molecule has 0 bridgehead atoms. The highest BCUT2D eigenvalue weighted by Gasteiger charge is 2.22. The van der Waals surface area contributed by atoms with Crippen molar-refractivity contribution < 1.29 is 9.53 Å². The van der Waals surface area contributed by atoms with Crippen molar-refractivity contribution in [2.45, 2.75) is 32.2 Å². The minimum Gasteiger partial charge on any atom is -0.493 e. The molecule has 2 aromatic carbocycles. The molecule has 134 valence electrons. The molecule has 5 nitrogen and oxygen atoms in total. The van der Waals surface area contributed by atoms with E-state index >= 15 is 0 Å². The first-order chi connectivity index (χ1) is 12.8. The molecule has 0 N–H and O–H groups in total. The van der Waals surface area contributed by atoms with Gasteiger partial charge >= 0.3 is 0 Å². The van der Waals surface area contributed by atoms with Crippen molar-refractivity contribution in [2.24, 2.45) is 0 Å². The molecule has 0 aliphatic carbocycles. The first kappa shape index (κ1) is 17.9. The third-order valence-corrected chi connectivity index (χ3v) is 4.34. The predicted octanol–water partition coefficient (Wildman–Crippen LogP) is 4.26. The number of ether oxygens (including phenoxy) is 1. The highest BCUT2D eigenvalue weighted by Crippen LogP contribution is 2.21. The monoisotopic (exact) mass is 349 g/mol. The molecule has 0 aliphatic heterocycles. The summed E-state index contributed by atoms with van der Waals surface area (Å²) in [6, 6.07) is 17.0. The van der Waals surface area contributed by atoms with Crippen LogP contribution in [0, 0.1) is 6.92 Å². The van der Waals surface area contributed by atoms with E-state index in [1.54, 1.807) is 11.0 Å². The Bertz CT molecular complexity index is 816. The van der Waals surface area contributed by atoms with Crippen LogP contribution in [0.15, 0.2) is 67.3 Å². The van der Waals surface area contributed by atoms with Gasteiger partial charge in [0.1, 0.15) is 24.4 Å². The van der Waals surface area contributed by atoms with E-state index in [2.05, 4.69) is 10.1 Å². The van der Waals surface area contributed by atoms with Gasteiger partial charge in [-0.25, -0.2) is 9.67 Å². The summed E-state index contributed by atoms with van der Waals surface area (Å²) in [7, 11) is 0. The van der Waals surface area contributed by atoms with Crippen LogP contribution in [0.5, 0.6) is 5.75 Å². The molecule has 0 saturated heterocycles. The molecule has 0 amide bonds. The molecule has 0 radical (unpaired) electrons. The Hall–Kier alpha value is -2.95. The van der Waals surface area contributed by atoms with E-state index in [0.717, 1.165) is 24.2 Å². The topological polar surface area (TPSA) is 57.0 Å². The smallest absolute Gasteiger partial charge is 0.187 e. The Morgan fingerprint density at radius 3 is 2.58 bits per heavy atom. The molecule has 26 heavy (non-hydrogen) atoms. The molecule has 3 rings (SSSR count). The van der Waals surface area contributed by atoms with E-state index in [0.29, 0.717) is 18.6 Å². The van der Waals surface area contributed by atoms with Gasteiger partial charge in [0.05, 0.1) is 6.61 Å². The molecule has 0 spiro atoms. The van der Waals surface area contributed by atoms with Crippen molar-refractivity contribution in [1.82, 2.24) is 14.8 Å². The number of benzene rings is 2. The normalized spacial score (nSPS) is 11.9. The lowest BCUT2D eigenvalue weighted by molar-refractivity contribution is 0.0907. The van der Waals surface area contributed by atoms with Crippen molar-refractivity contribution in [3.8, 4) is 5.75 Å². The van der Waals surface area contributed by atoms with E-state index in [1.807, 2.05) is 61.5 Å². The summed E-state index contributed by atoms with van der Waals surface area (Å²) >= 11 is 0. The van der Waals surface area contributed by atoms with Crippen LogP contribution in [0.2, 0.25) is 0 Å². The fourth-order valence-electron chi connectivity index (χ4n) is 2.90. The standard InChI is InChI=1S/C21H23N3O2/c1-17-9-5-6-13-20(17)26-14-8-7-12-19(24-16-22-15-23-24)21(25)18-10-3-2-4-11-18/h2-6,9-11,13,15-16,19H,7-8,12,14H2,1H3. The van der Waals surface area contributed by atoms with Gasteiger partial charge in [0, 0.05) is 5.56 Å². The van der Waals surface area contributed by atoms with Crippen LogP contribution in [0.3, 0.4) is 0 Å². The molecular weight excluding hydrogens is 326 g/mol. The van der Waals surface area contributed by atoms with Gasteiger partial charge in [-0.2, -0.15) is 5.10 Å². The highest BCUT2D eigenvalue weighted by molar-refractivity contribution is 5.98. The lowest BCUT2D eigenvalue weighted by atomic mass is 9.99. The minimum absolute atomic E-state index is 0.0657. The number of para-hydroxylation sites is 1. The summed E-state index contributed by atoms with van der Waals surface area (Å²) in [4.78, 5) is 16.8. The summed E-state index contributed by atoms with van der Waals surface area (Å²) in [5.41, 5.74) is 1.83. The molecule has 0 fully saturated rings. The Balaban J connectivity index is 1.55. The SMILES string of the molecule is Cc1ccccc1OCCCCC(C(=O)c1ccccc1)n1cncn1. The highest BCUT2D eigenvalue weighted by atomic mass is 16.5. The van der Waals surface area contributed by atoms with Crippen molar-refractivity contribution in [1.29, 1.82) is 0 Å². The fourth-order valence-corrected chi connectivity index (χ4v) is 2.90. The first-order valence-electron chi connectivity index (χ1n) is 8.87. The lowest BCUT2D eigenvalue weighted by Crippen LogP contribution is -2.20. The van der Waals surface area contributed by atoms with Gasteiger partial charge in [-0.15, -0.1) is 0 Å². The second-order valence-corrected chi connectivity index (χ2v) is 6.23. The molecule has 1 aromatic heterocycles. The number of aryl methyl sites for hydroxylation is 1. The Morgan fingerprint density at radius 1 is 1.08 bits per heavy atom. The lowest BCUT2D eigenvalue weighted by Gasteiger charge is -2.16. The van der Waals surface area contributed by atoms with Gasteiger partial charge in [0.2, 0.25) is 0 Å². The average molecular weight is 349 g/mol. The molecule has 1 unspecified atom stereocenters. The van der Waals surface area contributed by atoms with E-state index < -0.39 is 0 Å². The van der Waals surface area contributed by atoms with Gasteiger partial charge in [-0.3, -0.25) is 4.79 Å². The van der Waals surface area contributed by atoms with Crippen LogP contribution >= 0.6 is 0 Å². The Labute approximate surface area is 153 Å². The van der Waals surface area contributed by atoms with Crippen molar-refractivity contribution in [2.75, 3.05) is 6.61 Å². The molecule has 0 aliphatic rings. The zero-order valence-electron chi connectivity index (χ0n) is 14.9. The number of ketones is 1. The second kappa shape index (κ2) is 8.94. The maximum Gasteiger partial charge on any atom is 0.187 e. The maximum atomic E-state index is 12.9. The zero-order valence-corrected chi connectivity index (χ0v) is 14.9. The van der Waals surface area contributed by atoms with Crippen LogP contribution in [0.4, 0.5) is 0 Å². The molecule has 0 saturated carbocycles. The first-order valence-corrected chi connectivity index (χ1v) is 8.87. The Kier molecular flexibility index (Phi) is 6.14. The van der Waals surface area contributed by atoms with Gasteiger partial charge < -0.3 is 4.74 Å². The fraction of sp³-hybridized carbons (Fsp3) is 0.286. The van der Waals surface area contributed by atoms with Crippen LogP contribution in [0.25, 0.3) is 0 Å². The number of unbranched alkanes of at least 4 members (excludes halogenated alkanes) is 1. The number of Topliss-reactive ketones (excluding diaryl/α,β-unsaturated/α-hetero) is 1. The summed E-state index contributed by atoms with van der Waals surface area (Å²) in [5.74, 6) is 0.983. The average Bonchev–Trinajstić information content (AvgIpc) is 3.20. The summed E-state index contributed by atoms with van der Waals surface area (Å²) in [6.45, 7) is 2.67. The molecule has 3 aromatic rings. The van der Waals surface area contributed by atoms with E-state index in [1.165, 1.54) is 6.33 Å². The van der Waals surface area contributed by atoms with E-state index in [4.69, 9.17) is 4.74 Å². The number of carbonyl (C=O) groups is 1. The quantitative estimate of drug-likeness (QED) is 0.428. The number of hydrogen-bond donors (Lipinski definition) is 0. The van der Waals surface area contributed by atoms with E-state index in [9.17, 15) is 4.79 Å². The number of hydrogen-bond acceptors (Lipinski definition) is 4. The zero-order chi connectivity index (χ0) is 18.2. The largest absolute Gasteiger partial charge is 0.493 e. The minimum atomic E-state index is -0.335. The van der Waals surface area contributed by atoms with Gasteiger partial charge in [-0.05, 0) is 37.8 Å². The van der Waals surface area contributed by atoms with Crippen molar-refractivity contribution in [3.05, 3.63) is 78.4 Å². The van der Waals surface area contributed by atoms with Gasteiger partial charge in [-0.1, -0.05) is 48.5 Å². The van der Waals surface area contributed by atoms with Crippen LogP contribution < -0.4 is 4.74 Å². The molecule has 1 atom stereocenters. The van der Waals surface area contributed by atoms with Crippen LogP contribution in [-0.4, -0.2) is 27.2 Å². The third-order valence-electron chi connectivity index (χ3n) is 4.34. The summed E-state index contributed by atoms with van der Waals surface area (Å²) < 4.78 is 7.49. The number of carbonyl (C=O) groups excluding carboxylic acids is 1. The van der Waals surface area contributed by atoms with E-state index in [-0.39, 0.29) is 11.8 Å². The van der Waals surface area contributed by atoms with Crippen molar-refractivity contribution >= 4 is 5.78 Å². The summed E-state index contributed by atoms with van der Waals surface area (Å²) in [6.07, 6.45) is 5.52. The van der Waals surface area contributed by atoms with Crippen LogP contribution in [0.1, 0.15) is 41.2 Å². The molecule has 5 heteroatoms. The van der Waals surface area contributed by atoms with Crippen molar-refractivity contribution in [3.63, 3.8) is 0 Å². The number of aromatic nitrogens is 3. The molecule has 1 heterocycles. The number of rotatable bonds is 9. The second-order valence-electron chi connectivity index (χ2n) is 6.23. The summed E-state index contributed by atoms with van der Waals surface area (Å²) in [5, 5.41) is 4.17. The van der Waals surface area contributed by atoms with Gasteiger partial charge in [0.25, 0.3) is 0 Å². The predicted molar refractivity (Wildman–Crippen MR) is 100 cm³/mol. The van der Waals surface area contributed by atoms with Crippen LogP contribution in [-0.2, 0) is 0 Å². The number of nitrogens with zero attached hydrogens (tertiary/aromatic N) is 3. The van der Waals surface area contributed by atoms with Gasteiger partial charge in [0.15, 0.2) is 5.78 Å².